The van der Waals surface area contributed by atoms with Crippen molar-refractivity contribution < 1.29 is 23.8 Å². The zero-order valence-electron chi connectivity index (χ0n) is 13.9. The summed E-state index contributed by atoms with van der Waals surface area (Å²) in [5.74, 6) is -0.920. The number of rotatable bonds is 1. The van der Waals surface area contributed by atoms with E-state index in [1.54, 1.807) is 24.7 Å². The Balaban J connectivity index is 1.78. The van der Waals surface area contributed by atoms with E-state index in [4.69, 9.17) is 9.15 Å². The van der Waals surface area contributed by atoms with Crippen molar-refractivity contribution in [3.63, 3.8) is 0 Å². The molecule has 1 N–H and O–H groups in total. The predicted molar refractivity (Wildman–Crippen MR) is 84.7 cm³/mol. The highest BCUT2D eigenvalue weighted by atomic mass is 16.5. The van der Waals surface area contributed by atoms with Crippen LogP contribution in [-0.4, -0.2) is 23.0 Å². The molecule has 24 heavy (non-hydrogen) atoms. The number of hydrogen-bond acceptors (Lipinski definition) is 5. The summed E-state index contributed by atoms with van der Waals surface area (Å²) >= 11 is 0. The summed E-state index contributed by atoms with van der Waals surface area (Å²) in [5, 5.41) is 10.5. The van der Waals surface area contributed by atoms with Crippen molar-refractivity contribution in [2.45, 2.75) is 45.3 Å². The fraction of sp³-hybridized carbons (Fsp3) is 0.579. The number of cyclic esters (lactones) is 1. The molecule has 3 aliphatic rings. The van der Waals surface area contributed by atoms with Gasteiger partial charge in [0.2, 0.25) is 0 Å². The van der Waals surface area contributed by atoms with E-state index in [9.17, 15) is 14.7 Å². The first kappa shape index (κ1) is 15.6. The minimum atomic E-state index is -0.664. The van der Waals surface area contributed by atoms with Crippen LogP contribution in [0.2, 0.25) is 0 Å². The fourth-order valence-corrected chi connectivity index (χ4v) is 5.31. The predicted octanol–water partition coefficient (Wildman–Crippen LogP) is 2.81. The lowest BCUT2D eigenvalue weighted by Crippen LogP contribution is -2.60. The third-order valence-electron chi connectivity index (χ3n) is 6.57. The molecule has 0 unspecified atom stereocenters. The van der Waals surface area contributed by atoms with Gasteiger partial charge in [0.25, 0.3) is 0 Å². The normalized spacial score (nSPS) is 44.6. The second-order valence-electron chi connectivity index (χ2n) is 7.93. The van der Waals surface area contributed by atoms with Crippen LogP contribution >= 0.6 is 0 Å². The molecule has 0 bridgehead atoms. The SMILES string of the molecule is C[C@@]12C[C@@H](c3ccoc3)OC(=O)[C@@H]1CC[C@]1(C)[C@H]2C(=O)C=C[C@H]1O. The van der Waals surface area contributed by atoms with E-state index in [1.165, 1.54) is 6.08 Å². The van der Waals surface area contributed by atoms with Gasteiger partial charge in [-0.15, -0.1) is 0 Å². The van der Waals surface area contributed by atoms with Crippen LogP contribution in [0.15, 0.2) is 35.2 Å². The minimum Gasteiger partial charge on any atom is -0.472 e. The van der Waals surface area contributed by atoms with E-state index in [1.807, 2.05) is 13.8 Å². The number of fused-ring (bicyclic) bond motifs is 3. The fourth-order valence-electron chi connectivity index (χ4n) is 5.31. The van der Waals surface area contributed by atoms with Crippen molar-refractivity contribution >= 4 is 11.8 Å². The Kier molecular flexibility index (Phi) is 3.29. The highest BCUT2D eigenvalue weighted by Gasteiger charge is 2.63. The van der Waals surface area contributed by atoms with Crippen molar-refractivity contribution in [1.29, 1.82) is 0 Å². The van der Waals surface area contributed by atoms with Crippen LogP contribution in [0.25, 0.3) is 0 Å². The molecule has 1 aliphatic heterocycles. The van der Waals surface area contributed by atoms with Crippen molar-refractivity contribution in [2.24, 2.45) is 22.7 Å². The van der Waals surface area contributed by atoms with Crippen LogP contribution in [0, 0.1) is 22.7 Å². The molecule has 5 heteroatoms. The van der Waals surface area contributed by atoms with Crippen molar-refractivity contribution in [1.82, 2.24) is 0 Å². The molecule has 0 aromatic carbocycles. The van der Waals surface area contributed by atoms with Gasteiger partial charge in [0.1, 0.15) is 6.10 Å². The molecule has 1 aromatic rings. The molecule has 0 amide bonds. The molecule has 1 aromatic heterocycles. The molecular formula is C19H22O5. The highest BCUT2D eigenvalue weighted by molar-refractivity contribution is 5.95. The average Bonchev–Trinajstić information content (AvgIpc) is 3.04. The maximum atomic E-state index is 12.8. The Labute approximate surface area is 140 Å². The molecule has 5 nitrogen and oxygen atoms in total. The second kappa shape index (κ2) is 5.06. The van der Waals surface area contributed by atoms with E-state index in [0.717, 1.165) is 5.56 Å². The molecule has 1 saturated heterocycles. The number of allylic oxidation sites excluding steroid dienone is 1. The lowest BCUT2D eigenvalue weighted by molar-refractivity contribution is -0.198. The number of carbonyl (C=O) groups excluding carboxylic acids is 2. The number of esters is 1. The van der Waals surface area contributed by atoms with E-state index in [0.29, 0.717) is 19.3 Å². The van der Waals surface area contributed by atoms with Crippen LogP contribution in [0.5, 0.6) is 0 Å². The molecule has 1 saturated carbocycles. The molecule has 4 rings (SSSR count). The van der Waals surface area contributed by atoms with Crippen LogP contribution in [0.4, 0.5) is 0 Å². The maximum absolute atomic E-state index is 12.8. The number of aliphatic hydroxyl groups is 1. The summed E-state index contributed by atoms with van der Waals surface area (Å²) in [4.78, 5) is 25.4. The molecule has 2 aliphatic carbocycles. The lowest BCUT2D eigenvalue weighted by Gasteiger charge is -2.58. The average molecular weight is 330 g/mol. The van der Waals surface area contributed by atoms with E-state index < -0.39 is 23.0 Å². The summed E-state index contributed by atoms with van der Waals surface area (Å²) < 4.78 is 10.8. The van der Waals surface area contributed by atoms with Gasteiger partial charge < -0.3 is 14.3 Å². The van der Waals surface area contributed by atoms with Crippen LogP contribution < -0.4 is 0 Å². The number of furan rings is 1. The first-order valence-corrected chi connectivity index (χ1v) is 8.49. The number of carbonyl (C=O) groups is 2. The van der Waals surface area contributed by atoms with Crippen LogP contribution in [0.3, 0.4) is 0 Å². The van der Waals surface area contributed by atoms with Crippen molar-refractivity contribution in [3.05, 3.63) is 36.3 Å². The van der Waals surface area contributed by atoms with E-state index >= 15 is 0 Å². The van der Waals surface area contributed by atoms with Gasteiger partial charge in [0.15, 0.2) is 5.78 Å². The zero-order chi connectivity index (χ0) is 17.1. The Morgan fingerprint density at radius 2 is 2.04 bits per heavy atom. The van der Waals surface area contributed by atoms with Gasteiger partial charge in [-0.1, -0.05) is 19.9 Å². The third kappa shape index (κ3) is 1.97. The van der Waals surface area contributed by atoms with Gasteiger partial charge >= 0.3 is 5.97 Å². The second-order valence-corrected chi connectivity index (χ2v) is 7.93. The largest absolute Gasteiger partial charge is 0.472 e. The molecule has 2 heterocycles. The van der Waals surface area contributed by atoms with Gasteiger partial charge in [-0.25, -0.2) is 0 Å². The van der Waals surface area contributed by atoms with Gasteiger partial charge in [-0.05, 0) is 36.8 Å². The van der Waals surface area contributed by atoms with E-state index in [-0.39, 0.29) is 23.6 Å². The van der Waals surface area contributed by atoms with Crippen LogP contribution in [0.1, 0.15) is 44.8 Å². The van der Waals surface area contributed by atoms with Crippen molar-refractivity contribution in [3.8, 4) is 0 Å². The number of ketones is 1. The summed E-state index contributed by atoms with van der Waals surface area (Å²) in [6, 6.07) is 1.79. The van der Waals surface area contributed by atoms with Gasteiger partial charge in [0, 0.05) is 16.9 Å². The van der Waals surface area contributed by atoms with Gasteiger partial charge in [0.05, 0.1) is 24.5 Å². The van der Waals surface area contributed by atoms with Gasteiger partial charge in [-0.3, -0.25) is 9.59 Å². The molecular weight excluding hydrogens is 308 g/mol. The quantitative estimate of drug-likeness (QED) is 0.801. The Morgan fingerprint density at radius 1 is 1.25 bits per heavy atom. The van der Waals surface area contributed by atoms with Crippen molar-refractivity contribution in [2.75, 3.05) is 0 Å². The summed E-state index contributed by atoms with van der Waals surface area (Å²) in [6.45, 7) is 3.98. The Morgan fingerprint density at radius 3 is 2.75 bits per heavy atom. The van der Waals surface area contributed by atoms with Gasteiger partial charge in [-0.2, -0.15) is 0 Å². The minimum absolute atomic E-state index is 0.00986. The highest BCUT2D eigenvalue weighted by Crippen LogP contribution is 2.62. The molecule has 128 valence electrons. The smallest absolute Gasteiger partial charge is 0.310 e. The summed E-state index contributed by atoms with van der Waals surface area (Å²) in [6.07, 6.45) is 6.99. The maximum Gasteiger partial charge on any atom is 0.310 e. The third-order valence-corrected chi connectivity index (χ3v) is 6.57. The first-order chi connectivity index (χ1) is 11.4. The molecule has 2 fully saturated rings. The molecule has 6 atom stereocenters. The zero-order valence-corrected chi connectivity index (χ0v) is 13.9. The molecule has 0 spiro atoms. The monoisotopic (exact) mass is 330 g/mol. The lowest BCUT2D eigenvalue weighted by atomic mass is 9.46. The number of ether oxygens (including phenoxy) is 1. The first-order valence-electron chi connectivity index (χ1n) is 8.49. The number of aliphatic hydroxyl groups excluding tert-OH is 1. The Bertz CT molecular complexity index is 705. The topological polar surface area (TPSA) is 76.7 Å². The number of hydrogen-bond donors (Lipinski definition) is 1. The van der Waals surface area contributed by atoms with Crippen LogP contribution in [-0.2, 0) is 14.3 Å². The summed E-state index contributed by atoms with van der Waals surface area (Å²) in [5.41, 5.74) is -0.252. The molecule has 0 radical (unpaired) electrons. The summed E-state index contributed by atoms with van der Waals surface area (Å²) in [7, 11) is 0. The Hall–Kier alpha value is -1.88. The standard InChI is InChI=1S/C19H22O5/c1-18-7-5-12-17(22)24-14(11-6-8-23-10-11)9-19(12,2)16(18)13(20)3-4-15(18)21/h3-4,6,8,10,12,14-16,21H,5,7,9H2,1-2H3/t12-,14-,15+,16+,18-,19+/m0/s1. The van der Waals surface area contributed by atoms with E-state index in [2.05, 4.69) is 0 Å².